The van der Waals surface area contributed by atoms with Crippen LogP contribution >= 0.6 is 0 Å². The summed E-state index contributed by atoms with van der Waals surface area (Å²) in [6, 6.07) is 7.12. The molecule has 166 valence electrons. The third-order valence-electron chi connectivity index (χ3n) is 4.37. The highest BCUT2D eigenvalue weighted by molar-refractivity contribution is 5.63. The van der Waals surface area contributed by atoms with Crippen molar-refractivity contribution in [2.75, 3.05) is 11.9 Å². The molecule has 7 nitrogen and oxygen atoms in total. The molecule has 3 rings (SSSR count). The van der Waals surface area contributed by atoms with Crippen LogP contribution in [0.2, 0.25) is 0 Å². The lowest BCUT2D eigenvalue weighted by Crippen LogP contribution is -2.26. The maximum absolute atomic E-state index is 12.3. The lowest BCUT2D eigenvalue weighted by Gasteiger charge is -2.19. The number of halogens is 3. The number of anilines is 1. The Labute approximate surface area is 177 Å². The molecule has 1 aromatic carbocycles. The third-order valence-corrected chi connectivity index (χ3v) is 4.37. The summed E-state index contributed by atoms with van der Waals surface area (Å²) in [6.07, 6.45) is -2.39. The van der Waals surface area contributed by atoms with Gasteiger partial charge in [0.25, 0.3) is 0 Å². The lowest BCUT2D eigenvalue weighted by molar-refractivity contribution is -0.274. The van der Waals surface area contributed by atoms with Crippen molar-refractivity contribution < 1.29 is 23.0 Å². The summed E-state index contributed by atoms with van der Waals surface area (Å²) in [7, 11) is 0. The number of aliphatic hydroxyl groups excluding tert-OH is 1. The standard InChI is InChI=1S/C21H24F3N5O2/c1-12(2)8-15(11-30)27-18-9-13(3)26-20(29-18)19-25-10-17(28-19)14-4-6-16(7-5-14)31-21(22,23)24/h4-7,9-10,12,15,30H,8,11H2,1-3H3,(H,25,28)(H,26,27,29)/t15-/m0/s1. The van der Waals surface area contributed by atoms with Gasteiger partial charge >= 0.3 is 6.36 Å². The Morgan fingerprint density at radius 3 is 2.48 bits per heavy atom. The minimum Gasteiger partial charge on any atom is -0.406 e. The van der Waals surface area contributed by atoms with Gasteiger partial charge in [-0.05, 0) is 49.1 Å². The van der Waals surface area contributed by atoms with Crippen LogP contribution < -0.4 is 10.1 Å². The second-order valence-corrected chi connectivity index (χ2v) is 7.59. The van der Waals surface area contributed by atoms with Gasteiger partial charge in [0, 0.05) is 11.8 Å². The zero-order chi connectivity index (χ0) is 22.6. The quantitative estimate of drug-likeness (QED) is 0.480. The van der Waals surface area contributed by atoms with E-state index in [0.29, 0.717) is 34.6 Å². The number of benzene rings is 1. The fraction of sp³-hybridized carbons (Fsp3) is 0.381. The van der Waals surface area contributed by atoms with Crippen LogP contribution in [0.1, 0.15) is 26.0 Å². The Kier molecular flexibility index (Phi) is 6.79. The molecule has 0 amide bonds. The number of nitrogens with zero attached hydrogens (tertiary/aromatic N) is 3. The van der Waals surface area contributed by atoms with Gasteiger partial charge in [-0.25, -0.2) is 15.0 Å². The van der Waals surface area contributed by atoms with Crippen LogP contribution in [-0.4, -0.2) is 44.1 Å². The summed E-state index contributed by atoms with van der Waals surface area (Å²) in [6.45, 7) is 5.96. The molecule has 0 bridgehead atoms. The van der Waals surface area contributed by atoms with Crippen LogP contribution in [0, 0.1) is 12.8 Å². The van der Waals surface area contributed by atoms with Crippen molar-refractivity contribution in [3.8, 4) is 28.7 Å². The summed E-state index contributed by atoms with van der Waals surface area (Å²) in [4.78, 5) is 16.3. The van der Waals surface area contributed by atoms with Gasteiger partial charge in [0.2, 0.25) is 0 Å². The smallest absolute Gasteiger partial charge is 0.406 e. The first kappa shape index (κ1) is 22.5. The van der Waals surface area contributed by atoms with E-state index in [9.17, 15) is 18.3 Å². The summed E-state index contributed by atoms with van der Waals surface area (Å²) >= 11 is 0. The highest BCUT2D eigenvalue weighted by Crippen LogP contribution is 2.27. The van der Waals surface area contributed by atoms with Crippen LogP contribution in [0.15, 0.2) is 36.5 Å². The molecule has 0 fully saturated rings. The van der Waals surface area contributed by atoms with E-state index in [1.165, 1.54) is 24.3 Å². The fourth-order valence-corrected chi connectivity index (χ4v) is 3.12. The van der Waals surface area contributed by atoms with E-state index >= 15 is 0 Å². The maximum Gasteiger partial charge on any atom is 0.573 e. The Balaban J connectivity index is 1.79. The minimum absolute atomic E-state index is 0.0183. The van der Waals surface area contributed by atoms with Gasteiger partial charge in [0.15, 0.2) is 11.6 Å². The van der Waals surface area contributed by atoms with Gasteiger partial charge in [-0.3, -0.25) is 0 Å². The molecule has 10 heteroatoms. The topological polar surface area (TPSA) is 96.0 Å². The van der Waals surface area contributed by atoms with Gasteiger partial charge in [-0.15, -0.1) is 13.2 Å². The van der Waals surface area contributed by atoms with Gasteiger partial charge in [0.05, 0.1) is 24.5 Å². The summed E-state index contributed by atoms with van der Waals surface area (Å²) in [5.74, 6) is 1.48. The number of alkyl halides is 3. The van der Waals surface area contributed by atoms with Crippen molar-refractivity contribution in [3.05, 3.63) is 42.2 Å². The predicted octanol–water partition coefficient (Wildman–Crippen LogP) is 4.56. The molecule has 0 aliphatic carbocycles. The second kappa shape index (κ2) is 9.34. The molecule has 31 heavy (non-hydrogen) atoms. The molecule has 0 unspecified atom stereocenters. The monoisotopic (exact) mass is 435 g/mol. The number of H-pyrrole nitrogens is 1. The molecule has 0 radical (unpaired) electrons. The predicted molar refractivity (Wildman–Crippen MR) is 110 cm³/mol. The summed E-state index contributed by atoms with van der Waals surface area (Å²) < 4.78 is 40.8. The van der Waals surface area contributed by atoms with Crippen molar-refractivity contribution in [2.24, 2.45) is 5.92 Å². The fourth-order valence-electron chi connectivity index (χ4n) is 3.12. The van der Waals surface area contributed by atoms with E-state index in [0.717, 1.165) is 12.1 Å². The van der Waals surface area contributed by atoms with E-state index in [2.05, 4.69) is 43.8 Å². The number of aromatic nitrogens is 4. The number of hydrogen-bond acceptors (Lipinski definition) is 6. The molecule has 0 spiro atoms. The maximum atomic E-state index is 12.3. The van der Waals surface area contributed by atoms with Gasteiger partial charge in [0.1, 0.15) is 11.6 Å². The first-order valence-electron chi connectivity index (χ1n) is 9.77. The Bertz CT molecular complexity index is 1000. The van der Waals surface area contributed by atoms with Crippen LogP contribution in [0.25, 0.3) is 22.9 Å². The summed E-state index contributed by atoms with van der Waals surface area (Å²) in [5.41, 5.74) is 1.96. The van der Waals surface area contributed by atoms with Crippen LogP contribution in [0.5, 0.6) is 5.75 Å². The van der Waals surface area contributed by atoms with Crippen LogP contribution in [-0.2, 0) is 0 Å². The Morgan fingerprint density at radius 1 is 1.16 bits per heavy atom. The number of aryl methyl sites for hydroxylation is 1. The highest BCUT2D eigenvalue weighted by Gasteiger charge is 2.31. The van der Waals surface area contributed by atoms with Crippen molar-refractivity contribution in [1.29, 1.82) is 0 Å². The van der Waals surface area contributed by atoms with Crippen LogP contribution in [0.4, 0.5) is 19.0 Å². The van der Waals surface area contributed by atoms with E-state index < -0.39 is 6.36 Å². The third kappa shape index (κ3) is 6.42. The van der Waals surface area contributed by atoms with E-state index in [4.69, 9.17) is 0 Å². The normalized spacial score (nSPS) is 12.8. The molecule has 0 aliphatic heterocycles. The Hall–Kier alpha value is -3.14. The van der Waals surface area contributed by atoms with E-state index in [1.807, 2.05) is 6.92 Å². The van der Waals surface area contributed by atoms with E-state index in [1.54, 1.807) is 12.3 Å². The molecule has 2 aromatic heterocycles. The van der Waals surface area contributed by atoms with Gasteiger partial charge in [-0.1, -0.05) is 13.8 Å². The summed E-state index contributed by atoms with van der Waals surface area (Å²) in [5, 5.41) is 12.8. The number of nitrogens with one attached hydrogen (secondary N) is 2. The van der Waals surface area contributed by atoms with Crippen molar-refractivity contribution in [3.63, 3.8) is 0 Å². The lowest BCUT2D eigenvalue weighted by atomic mass is 10.0. The molecule has 0 saturated carbocycles. The zero-order valence-corrected chi connectivity index (χ0v) is 17.4. The highest BCUT2D eigenvalue weighted by atomic mass is 19.4. The Morgan fingerprint density at radius 2 is 1.87 bits per heavy atom. The number of aromatic amines is 1. The number of rotatable bonds is 8. The molecule has 1 atom stereocenters. The SMILES string of the molecule is Cc1cc(N[C@H](CO)CC(C)C)nc(-c2ncc(-c3ccc(OC(F)(F)F)cc3)[nH]2)n1. The minimum atomic E-state index is -4.73. The number of aliphatic hydroxyl groups is 1. The number of hydrogen-bond donors (Lipinski definition) is 3. The van der Waals surface area contributed by atoms with Gasteiger partial charge < -0.3 is 20.1 Å². The largest absolute Gasteiger partial charge is 0.573 e. The first-order chi connectivity index (χ1) is 14.6. The van der Waals surface area contributed by atoms with Crippen molar-refractivity contribution in [1.82, 2.24) is 19.9 Å². The molecule has 3 aromatic rings. The molecule has 3 N–H and O–H groups in total. The molecule has 0 saturated heterocycles. The van der Waals surface area contributed by atoms with Crippen molar-refractivity contribution >= 4 is 5.82 Å². The number of ether oxygens (including phenoxy) is 1. The molecule has 0 aliphatic rings. The molecular weight excluding hydrogens is 411 g/mol. The second-order valence-electron chi connectivity index (χ2n) is 7.59. The molecular formula is C21H24F3N5O2. The van der Waals surface area contributed by atoms with E-state index in [-0.39, 0.29) is 18.4 Å². The molecule has 2 heterocycles. The average molecular weight is 435 g/mol. The van der Waals surface area contributed by atoms with Crippen LogP contribution in [0.3, 0.4) is 0 Å². The van der Waals surface area contributed by atoms with Crippen molar-refractivity contribution in [2.45, 2.75) is 39.6 Å². The number of imidazole rings is 1. The average Bonchev–Trinajstić information content (AvgIpc) is 3.16. The van der Waals surface area contributed by atoms with Gasteiger partial charge in [-0.2, -0.15) is 0 Å². The first-order valence-corrected chi connectivity index (χ1v) is 9.77. The zero-order valence-electron chi connectivity index (χ0n) is 17.4.